The molecule has 0 bridgehead atoms. The van der Waals surface area contributed by atoms with Crippen LogP contribution in [0.4, 0.5) is 0 Å². The molecule has 1 heterocycles. The maximum absolute atomic E-state index is 13.0. The predicted molar refractivity (Wildman–Crippen MR) is 128 cm³/mol. The van der Waals surface area contributed by atoms with Gasteiger partial charge in [0.25, 0.3) is 5.91 Å². The van der Waals surface area contributed by atoms with E-state index in [0.717, 1.165) is 27.8 Å². The summed E-state index contributed by atoms with van der Waals surface area (Å²) in [6, 6.07) is 22.2. The summed E-state index contributed by atoms with van der Waals surface area (Å²) in [5.41, 5.74) is 6.14. The fourth-order valence-corrected chi connectivity index (χ4v) is 3.43. The summed E-state index contributed by atoms with van der Waals surface area (Å²) >= 11 is 0. The summed E-state index contributed by atoms with van der Waals surface area (Å²) in [4.78, 5) is 17.8. The number of ether oxygens (including phenoxy) is 3. The minimum atomic E-state index is -0.333. The lowest BCUT2D eigenvalue weighted by Gasteiger charge is -2.10. The summed E-state index contributed by atoms with van der Waals surface area (Å²) < 4.78 is 15.8. The molecular weight excluding hydrogens is 418 g/mol. The molecule has 0 atom stereocenters. The van der Waals surface area contributed by atoms with Crippen molar-refractivity contribution in [2.45, 2.75) is 0 Å². The number of para-hydroxylation sites is 1. The Morgan fingerprint density at radius 2 is 1.64 bits per heavy atom. The van der Waals surface area contributed by atoms with Crippen LogP contribution in [-0.2, 0) is 0 Å². The van der Waals surface area contributed by atoms with Crippen LogP contribution in [0.2, 0.25) is 0 Å². The van der Waals surface area contributed by atoms with Gasteiger partial charge in [0.15, 0.2) is 11.5 Å². The molecule has 166 valence electrons. The summed E-state index contributed by atoms with van der Waals surface area (Å²) in [5, 5.41) is 4.87. The highest BCUT2D eigenvalue weighted by Crippen LogP contribution is 2.28. The molecule has 33 heavy (non-hydrogen) atoms. The van der Waals surface area contributed by atoms with Crippen LogP contribution < -0.4 is 19.6 Å². The molecule has 1 amide bonds. The van der Waals surface area contributed by atoms with Crippen molar-refractivity contribution in [1.82, 2.24) is 10.4 Å². The van der Waals surface area contributed by atoms with Gasteiger partial charge in [0, 0.05) is 10.9 Å². The third-order valence-electron chi connectivity index (χ3n) is 5.13. The van der Waals surface area contributed by atoms with Crippen molar-refractivity contribution in [3.63, 3.8) is 0 Å². The van der Waals surface area contributed by atoms with Crippen molar-refractivity contribution in [1.29, 1.82) is 0 Å². The van der Waals surface area contributed by atoms with Crippen LogP contribution in [0.25, 0.3) is 22.2 Å². The molecule has 7 heteroatoms. The van der Waals surface area contributed by atoms with Crippen LogP contribution in [0.3, 0.4) is 0 Å². The standard InChI is InChI=1S/C26H23N3O4/c1-31-19-11-9-18(10-12-19)23-15-21(20-6-4-5-7-22(20)28-23)26(30)29-27-16-17-8-13-24(32-2)25(14-17)33-3/h4-16H,1-3H3,(H,29,30). The molecule has 0 saturated carbocycles. The number of hydrazone groups is 1. The van der Waals surface area contributed by atoms with Gasteiger partial charge < -0.3 is 14.2 Å². The van der Waals surface area contributed by atoms with Crippen molar-refractivity contribution >= 4 is 23.0 Å². The van der Waals surface area contributed by atoms with Crippen molar-refractivity contribution in [2.24, 2.45) is 5.10 Å². The molecule has 0 saturated heterocycles. The van der Waals surface area contributed by atoms with Gasteiger partial charge in [-0.2, -0.15) is 5.10 Å². The molecular formula is C26H23N3O4. The van der Waals surface area contributed by atoms with E-state index < -0.39 is 0 Å². The lowest BCUT2D eigenvalue weighted by molar-refractivity contribution is 0.0956. The first-order valence-electron chi connectivity index (χ1n) is 10.2. The Hall–Kier alpha value is -4.39. The Balaban J connectivity index is 1.62. The molecule has 1 N–H and O–H groups in total. The number of benzene rings is 3. The second-order valence-electron chi connectivity index (χ2n) is 7.11. The SMILES string of the molecule is COc1ccc(-c2cc(C(=O)NN=Cc3ccc(OC)c(OC)c3)c3ccccc3n2)cc1. The first-order valence-corrected chi connectivity index (χ1v) is 10.2. The smallest absolute Gasteiger partial charge is 0.272 e. The number of amides is 1. The van der Waals surface area contributed by atoms with Crippen LogP contribution in [0.5, 0.6) is 17.2 Å². The monoisotopic (exact) mass is 441 g/mol. The number of aromatic nitrogens is 1. The number of methoxy groups -OCH3 is 3. The summed E-state index contributed by atoms with van der Waals surface area (Å²) in [7, 11) is 4.76. The number of hydrogen-bond acceptors (Lipinski definition) is 6. The number of nitrogens with one attached hydrogen (secondary N) is 1. The number of hydrogen-bond donors (Lipinski definition) is 1. The number of fused-ring (bicyclic) bond motifs is 1. The lowest BCUT2D eigenvalue weighted by Crippen LogP contribution is -2.18. The fourth-order valence-electron chi connectivity index (χ4n) is 3.43. The topological polar surface area (TPSA) is 82.0 Å². The van der Waals surface area contributed by atoms with Gasteiger partial charge in [0.1, 0.15) is 5.75 Å². The van der Waals surface area contributed by atoms with E-state index in [-0.39, 0.29) is 5.91 Å². The Morgan fingerprint density at radius 3 is 2.36 bits per heavy atom. The van der Waals surface area contributed by atoms with Crippen LogP contribution in [-0.4, -0.2) is 38.4 Å². The number of rotatable bonds is 7. The van der Waals surface area contributed by atoms with Gasteiger partial charge in [-0.1, -0.05) is 18.2 Å². The second kappa shape index (κ2) is 9.82. The predicted octanol–water partition coefficient (Wildman–Crippen LogP) is 4.69. The normalized spacial score (nSPS) is 10.9. The molecule has 4 aromatic rings. The van der Waals surface area contributed by atoms with Crippen LogP contribution >= 0.6 is 0 Å². The van der Waals surface area contributed by atoms with Crippen molar-refractivity contribution in [3.05, 3.63) is 83.9 Å². The molecule has 0 aliphatic rings. The van der Waals surface area contributed by atoms with E-state index in [2.05, 4.69) is 10.5 Å². The van der Waals surface area contributed by atoms with E-state index in [1.807, 2.05) is 54.6 Å². The van der Waals surface area contributed by atoms with Gasteiger partial charge >= 0.3 is 0 Å². The zero-order chi connectivity index (χ0) is 23.2. The Morgan fingerprint density at radius 1 is 0.879 bits per heavy atom. The van der Waals surface area contributed by atoms with Crippen molar-refractivity contribution in [3.8, 4) is 28.5 Å². The van der Waals surface area contributed by atoms with E-state index >= 15 is 0 Å². The van der Waals surface area contributed by atoms with Gasteiger partial charge in [0.2, 0.25) is 0 Å². The van der Waals surface area contributed by atoms with E-state index in [0.29, 0.717) is 22.8 Å². The Bertz CT molecular complexity index is 1320. The lowest BCUT2D eigenvalue weighted by atomic mass is 10.0. The average Bonchev–Trinajstić information content (AvgIpc) is 2.87. The molecule has 0 aliphatic carbocycles. The van der Waals surface area contributed by atoms with Gasteiger partial charge in [0.05, 0.1) is 44.3 Å². The first-order chi connectivity index (χ1) is 16.1. The third-order valence-corrected chi connectivity index (χ3v) is 5.13. The molecule has 0 spiro atoms. The molecule has 7 nitrogen and oxygen atoms in total. The maximum Gasteiger partial charge on any atom is 0.272 e. The highest BCUT2D eigenvalue weighted by atomic mass is 16.5. The highest BCUT2D eigenvalue weighted by Gasteiger charge is 2.14. The molecule has 3 aromatic carbocycles. The highest BCUT2D eigenvalue weighted by molar-refractivity contribution is 6.07. The van der Waals surface area contributed by atoms with Gasteiger partial charge in [-0.05, 0) is 60.2 Å². The van der Waals surface area contributed by atoms with Gasteiger partial charge in [-0.15, -0.1) is 0 Å². The molecule has 0 aliphatic heterocycles. The third kappa shape index (κ3) is 4.77. The summed E-state index contributed by atoms with van der Waals surface area (Å²) in [6.07, 6.45) is 1.55. The Kier molecular flexibility index (Phi) is 6.50. The molecule has 4 rings (SSSR count). The number of carbonyl (C=O) groups is 1. The summed E-state index contributed by atoms with van der Waals surface area (Å²) in [6.45, 7) is 0. The van der Waals surface area contributed by atoms with Crippen LogP contribution in [0.15, 0.2) is 77.9 Å². The number of pyridine rings is 1. The average molecular weight is 441 g/mol. The van der Waals surface area contributed by atoms with Crippen molar-refractivity contribution in [2.75, 3.05) is 21.3 Å². The van der Waals surface area contributed by atoms with Gasteiger partial charge in [-0.3, -0.25) is 4.79 Å². The van der Waals surface area contributed by atoms with E-state index in [9.17, 15) is 4.79 Å². The van der Waals surface area contributed by atoms with E-state index in [1.165, 1.54) is 0 Å². The molecule has 0 unspecified atom stereocenters. The maximum atomic E-state index is 13.0. The molecule has 0 radical (unpaired) electrons. The quantitative estimate of drug-likeness (QED) is 0.332. The zero-order valence-corrected chi connectivity index (χ0v) is 18.5. The second-order valence-corrected chi connectivity index (χ2v) is 7.11. The Labute approximate surface area is 191 Å². The van der Waals surface area contributed by atoms with E-state index in [1.54, 1.807) is 45.7 Å². The minimum Gasteiger partial charge on any atom is -0.497 e. The number of nitrogens with zero attached hydrogens (tertiary/aromatic N) is 2. The molecule has 1 aromatic heterocycles. The van der Waals surface area contributed by atoms with Crippen LogP contribution in [0, 0.1) is 0 Å². The number of carbonyl (C=O) groups excluding carboxylic acids is 1. The van der Waals surface area contributed by atoms with E-state index in [4.69, 9.17) is 19.2 Å². The van der Waals surface area contributed by atoms with Crippen molar-refractivity contribution < 1.29 is 19.0 Å². The zero-order valence-electron chi connectivity index (χ0n) is 18.5. The first kappa shape index (κ1) is 21.8. The van der Waals surface area contributed by atoms with Crippen LogP contribution in [0.1, 0.15) is 15.9 Å². The minimum absolute atomic E-state index is 0.333. The molecule has 0 fully saturated rings. The summed E-state index contributed by atoms with van der Waals surface area (Å²) in [5.74, 6) is 1.62. The largest absolute Gasteiger partial charge is 0.497 e. The van der Waals surface area contributed by atoms with Gasteiger partial charge in [-0.25, -0.2) is 10.4 Å². The fraction of sp³-hybridized carbons (Fsp3) is 0.115.